The Labute approximate surface area is 225 Å². The number of nitrogens with one attached hydrogen (secondary N) is 1. The van der Waals surface area contributed by atoms with Crippen LogP contribution in [0.4, 0.5) is 5.69 Å². The zero-order valence-electron chi connectivity index (χ0n) is 21.1. The minimum absolute atomic E-state index is 0.192. The maximum absolute atomic E-state index is 11.7. The van der Waals surface area contributed by atoms with Gasteiger partial charge in [0.25, 0.3) is 0 Å². The topological polar surface area (TPSA) is 88.8 Å². The Morgan fingerprint density at radius 3 is 2.63 bits per heavy atom. The lowest BCUT2D eigenvalue weighted by molar-refractivity contribution is 0.0697. The molecule has 6 rings (SSSR count). The van der Waals surface area contributed by atoms with Crippen molar-refractivity contribution in [1.29, 1.82) is 0 Å². The fourth-order valence-corrected chi connectivity index (χ4v) is 5.77. The molecule has 1 fully saturated rings. The lowest BCUT2D eigenvalue weighted by atomic mass is 9.96. The van der Waals surface area contributed by atoms with Gasteiger partial charge in [-0.1, -0.05) is 12.1 Å². The molecule has 192 valence electrons. The van der Waals surface area contributed by atoms with Crippen LogP contribution in [0.3, 0.4) is 0 Å². The number of nitrogens with zero attached hydrogens (tertiary/aromatic N) is 3. The molecule has 2 aromatic heterocycles. The molecule has 9 heteroatoms. The van der Waals surface area contributed by atoms with E-state index < -0.39 is 5.97 Å². The number of thiocarbonyl (C=S) groups is 1. The fraction of sp³-hybridized carbons (Fsp3) is 0.207. The summed E-state index contributed by atoms with van der Waals surface area (Å²) in [6, 6.07) is 18.6. The third kappa shape index (κ3) is 3.86. The smallest absolute Gasteiger partial charge is 0.335 e. The molecule has 2 aliphatic rings. The number of hydrogen-bond donors (Lipinski definition) is 2. The van der Waals surface area contributed by atoms with E-state index in [0.717, 1.165) is 39.6 Å². The summed E-state index contributed by atoms with van der Waals surface area (Å²) >= 11 is 5.89. The van der Waals surface area contributed by atoms with E-state index in [1.165, 1.54) is 0 Å². The number of carboxylic acid groups (broad SMARTS) is 1. The standard InChI is InChI=1S/C29H26N4O4S/c1-16-7-8-19(28(34)35)13-23(16)32-17(2)12-21(18(32)3)27-26(22-6-4-5-11-30-22)31-29(38)33(27)20-9-10-24-25(14-20)37-15-36-24/h4-14,26-27H,15H2,1-3H3,(H,31,38)(H,34,35)/t26-,27-/m1/s1. The van der Waals surface area contributed by atoms with Gasteiger partial charge in [-0.05, 0) is 86.6 Å². The number of pyridine rings is 1. The molecular formula is C29H26N4O4S. The SMILES string of the molecule is Cc1ccc(C(=O)O)cc1-n1c(C)cc([C@@H]2[C@@H](c3ccccn3)NC(=S)N2c2ccc3c(c2)OCO3)c1C. The van der Waals surface area contributed by atoms with E-state index in [2.05, 4.69) is 32.8 Å². The highest BCUT2D eigenvalue weighted by molar-refractivity contribution is 7.80. The molecule has 4 heterocycles. The summed E-state index contributed by atoms with van der Waals surface area (Å²) in [7, 11) is 0. The number of ether oxygens (including phenoxy) is 2. The normalized spacial score (nSPS) is 18.1. The Morgan fingerprint density at radius 1 is 1.05 bits per heavy atom. The Morgan fingerprint density at radius 2 is 1.87 bits per heavy atom. The first-order valence-electron chi connectivity index (χ1n) is 12.3. The lowest BCUT2D eigenvalue weighted by Crippen LogP contribution is -2.29. The summed E-state index contributed by atoms with van der Waals surface area (Å²) in [5.41, 5.74) is 6.87. The molecule has 0 spiro atoms. The molecule has 0 saturated carbocycles. The molecule has 2 N–H and O–H groups in total. The number of aryl methyl sites for hydroxylation is 2. The molecule has 2 atom stereocenters. The van der Waals surface area contributed by atoms with Gasteiger partial charge in [-0.3, -0.25) is 4.98 Å². The molecule has 1 saturated heterocycles. The van der Waals surface area contributed by atoms with Crippen LogP contribution in [0.2, 0.25) is 0 Å². The summed E-state index contributed by atoms with van der Waals surface area (Å²) in [5.74, 6) is 0.428. The Kier molecular flexibility index (Phi) is 5.80. The summed E-state index contributed by atoms with van der Waals surface area (Å²) in [6.45, 7) is 6.27. The number of aromatic carboxylic acids is 1. The molecule has 0 unspecified atom stereocenters. The van der Waals surface area contributed by atoms with Crippen LogP contribution < -0.4 is 19.7 Å². The Bertz CT molecular complexity index is 1580. The molecule has 0 aliphatic carbocycles. The van der Waals surface area contributed by atoms with Gasteiger partial charge in [0.15, 0.2) is 16.6 Å². The summed E-state index contributed by atoms with van der Waals surface area (Å²) < 4.78 is 13.3. The molecule has 0 radical (unpaired) electrons. The number of benzene rings is 2. The third-order valence-corrected chi connectivity index (χ3v) is 7.53. The van der Waals surface area contributed by atoms with Gasteiger partial charge < -0.3 is 29.4 Å². The zero-order chi connectivity index (χ0) is 26.6. The van der Waals surface area contributed by atoms with Crippen LogP contribution >= 0.6 is 12.2 Å². The van der Waals surface area contributed by atoms with Gasteiger partial charge in [0.05, 0.1) is 23.3 Å². The maximum Gasteiger partial charge on any atom is 0.335 e. The van der Waals surface area contributed by atoms with Crippen LogP contribution in [0.25, 0.3) is 5.69 Å². The van der Waals surface area contributed by atoms with E-state index in [9.17, 15) is 9.90 Å². The maximum atomic E-state index is 11.7. The Balaban J connectivity index is 1.52. The van der Waals surface area contributed by atoms with Crippen molar-refractivity contribution in [2.24, 2.45) is 0 Å². The van der Waals surface area contributed by atoms with E-state index >= 15 is 0 Å². The highest BCUT2D eigenvalue weighted by Gasteiger charge is 2.42. The van der Waals surface area contributed by atoms with Crippen molar-refractivity contribution in [3.05, 3.63) is 101 Å². The van der Waals surface area contributed by atoms with E-state index in [0.29, 0.717) is 16.6 Å². The molecule has 0 bridgehead atoms. The number of carbonyl (C=O) groups is 1. The quantitative estimate of drug-likeness (QED) is 0.334. The first kappa shape index (κ1) is 24.0. The number of hydrogen-bond acceptors (Lipinski definition) is 5. The van der Waals surface area contributed by atoms with Gasteiger partial charge in [0, 0.05) is 35.0 Å². The Hall–Kier alpha value is -4.37. The second-order valence-corrected chi connectivity index (χ2v) is 9.89. The van der Waals surface area contributed by atoms with Gasteiger partial charge in [0.2, 0.25) is 6.79 Å². The predicted octanol–water partition coefficient (Wildman–Crippen LogP) is 5.40. The number of aromatic nitrogens is 2. The summed E-state index contributed by atoms with van der Waals surface area (Å²) in [5, 5.41) is 13.7. The molecular weight excluding hydrogens is 500 g/mol. The van der Waals surface area contributed by atoms with Crippen LogP contribution in [-0.2, 0) is 0 Å². The van der Waals surface area contributed by atoms with E-state index in [1.807, 2.05) is 56.3 Å². The van der Waals surface area contributed by atoms with Crippen molar-refractivity contribution in [3.8, 4) is 17.2 Å². The monoisotopic (exact) mass is 526 g/mol. The van der Waals surface area contributed by atoms with Crippen LogP contribution in [0.15, 0.2) is 66.9 Å². The van der Waals surface area contributed by atoms with Crippen LogP contribution in [-0.4, -0.2) is 32.5 Å². The van der Waals surface area contributed by atoms with E-state index in [4.69, 9.17) is 21.7 Å². The highest BCUT2D eigenvalue weighted by Crippen LogP contribution is 2.46. The minimum atomic E-state index is -0.955. The molecule has 8 nitrogen and oxygen atoms in total. The van der Waals surface area contributed by atoms with Crippen molar-refractivity contribution in [3.63, 3.8) is 0 Å². The lowest BCUT2D eigenvalue weighted by Gasteiger charge is -2.28. The second-order valence-electron chi connectivity index (χ2n) is 9.50. The first-order chi connectivity index (χ1) is 18.3. The van der Waals surface area contributed by atoms with Crippen molar-refractivity contribution in [2.45, 2.75) is 32.9 Å². The number of rotatable bonds is 5. The van der Waals surface area contributed by atoms with E-state index in [1.54, 1.807) is 18.3 Å². The molecule has 4 aromatic rings. The first-order valence-corrected chi connectivity index (χ1v) is 12.7. The summed E-state index contributed by atoms with van der Waals surface area (Å²) in [4.78, 5) is 18.5. The largest absolute Gasteiger partial charge is 0.478 e. The third-order valence-electron chi connectivity index (χ3n) is 7.22. The van der Waals surface area contributed by atoms with Crippen LogP contribution in [0, 0.1) is 20.8 Å². The van der Waals surface area contributed by atoms with Gasteiger partial charge >= 0.3 is 5.97 Å². The van der Waals surface area contributed by atoms with Crippen molar-refractivity contribution >= 4 is 29.0 Å². The predicted molar refractivity (Wildman–Crippen MR) is 147 cm³/mol. The van der Waals surface area contributed by atoms with E-state index in [-0.39, 0.29) is 24.4 Å². The molecule has 0 amide bonds. The minimum Gasteiger partial charge on any atom is -0.478 e. The van der Waals surface area contributed by atoms with Gasteiger partial charge in [-0.2, -0.15) is 0 Å². The number of anilines is 1. The summed E-state index contributed by atoms with van der Waals surface area (Å²) in [6.07, 6.45) is 1.78. The number of carboxylic acids is 1. The van der Waals surface area contributed by atoms with Crippen LogP contribution in [0.5, 0.6) is 11.5 Å². The number of fused-ring (bicyclic) bond motifs is 1. The average molecular weight is 527 g/mol. The van der Waals surface area contributed by atoms with Crippen molar-refractivity contribution in [2.75, 3.05) is 11.7 Å². The molecule has 2 aliphatic heterocycles. The zero-order valence-corrected chi connectivity index (χ0v) is 22.0. The van der Waals surface area contributed by atoms with Gasteiger partial charge in [0.1, 0.15) is 0 Å². The molecule has 2 aromatic carbocycles. The molecule has 38 heavy (non-hydrogen) atoms. The second kappa shape index (κ2) is 9.18. The fourth-order valence-electron chi connectivity index (χ4n) is 5.43. The van der Waals surface area contributed by atoms with Crippen molar-refractivity contribution < 1.29 is 19.4 Å². The van der Waals surface area contributed by atoms with Gasteiger partial charge in [-0.25, -0.2) is 4.79 Å². The highest BCUT2D eigenvalue weighted by atomic mass is 32.1. The van der Waals surface area contributed by atoms with Crippen molar-refractivity contribution in [1.82, 2.24) is 14.9 Å². The van der Waals surface area contributed by atoms with Gasteiger partial charge in [-0.15, -0.1) is 0 Å². The van der Waals surface area contributed by atoms with Crippen LogP contribution in [0.1, 0.15) is 50.7 Å². The average Bonchev–Trinajstić information content (AvgIpc) is 3.59.